The molecule has 0 saturated heterocycles. The maximum absolute atomic E-state index is 12.9. The first kappa shape index (κ1) is 10.5. The van der Waals surface area contributed by atoms with Gasteiger partial charge in [-0.3, -0.25) is 4.90 Å². The average Bonchev–Trinajstić information content (AvgIpc) is 2.11. The van der Waals surface area contributed by atoms with Gasteiger partial charge in [-0.15, -0.1) is 0 Å². The van der Waals surface area contributed by atoms with E-state index >= 15 is 0 Å². The molecule has 0 unspecified atom stereocenters. The van der Waals surface area contributed by atoms with E-state index in [0.717, 1.165) is 12.1 Å². The molecule has 0 aliphatic rings. The van der Waals surface area contributed by atoms with Crippen molar-refractivity contribution >= 4 is 12.6 Å². The summed E-state index contributed by atoms with van der Waals surface area (Å²) in [6, 6.07) is 5.19. The SMILES string of the molecule is Cc1cc(CN(C)CS)ccc1F. The number of thiol groups is 1. The van der Waals surface area contributed by atoms with Gasteiger partial charge in [0.15, 0.2) is 0 Å². The number of halogens is 1. The summed E-state index contributed by atoms with van der Waals surface area (Å²) < 4.78 is 12.9. The van der Waals surface area contributed by atoms with Crippen molar-refractivity contribution in [2.24, 2.45) is 0 Å². The molecular formula is C10H14FNS. The summed E-state index contributed by atoms with van der Waals surface area (Å²) in [6.45, 7) is 2.59. The van der Waals surface area contributed by atoms with Crippen LogP contribution in [0.15, 0.2) is 18.2 Å². The van der Waals surface area contributed by atoms with E-state index in [9.17, 15) is 4.39 Å². The van der Waals surface area contributed by atoms with Crippen LogP contribution >= 0.6 is 12.6 Å². The fourth-order valence-electron chi connectivity index (χ4n) is 1.17. The molecule has 0 bridgehead atoms. The zero-order chi connectivity index (χ0) is 9.84. The number of hydrogen-bond donors (Lipinski definition) is 1. The van der Waals surface area contributed by atoms with Crippen molar-refractivity contribution in [2.75, 3.05) is 12.9 Å². The minimum absolute atomic E-state index is 0.141. The molecule has 0 radical (unpaired) electrons. The molecule has 1 aromatic rings. The summed E-state index contributed by atoms with van der Waals surface area (Å²) in [4.78, 5) is 2.05. The molecule has 0 amide bonds. The number of rotatable bonds is 3. The van der Waals surface area contributed by atoms with Crippen LogP contribution in [0.1, 0.15) is 11.1 Å². The minimum atomic E-state index is -0.141. The van der Waals surface area contributed by atoms with Gasteiger partial charge in [-0.25, -0.2) is 4.39 Å². The molecule has 0 aromatic heterocycles. The molecule has 1 rings (SSSR count). The lowest BCUT2D eigenvalue weighted by atomic mass is 10.1. The predicted molar refractivity (Wildman–Crippen MR) is 56.5 cm³/mol. The molecule has 0 spiro atoms. The minimum Gasteiger partial charge on any atom is -0.293 e. The zero-order valence-electron chi connectivity index (χ0n) is 7.92. The van der Waals surface area contributed by atoms with E-state index in [2.05, 4.69) is 17.5 Å². The number of benzene rings is 1. The van der Waals surface area contributed by atoms with Crippen LogP contribution in [0, 0.1) is 12.7 Å². The molecule has 0 saturated carbocycles. The topological polar surface area (TPSA) is 3.24 Å². The summed E-state index contributed by atoms with van der Waals surface area (Å²) in [5, 5.41) is 0. The zero-order valence-corrected chi connectivity index (χ0v) is 8.81. The summed E-state index contributed by atoms with van der Waals surface area (Å²) >= 11 is 4.14. The highest BCUT2D eigenvalue weighted by Gasteiger charge is 2.01. The van der Waals surface area contributed by atoms with Gasteiger partial charge in [0.05, 0.1) is 0 Å². The Hall–Kier alpha value is -0.540. The van der Waals surface area contributed by atoms with Gasteiger partial charge in [-0.1, -0.05) is 12.1 Å². The van der Waals surface area contributed by atoms with Gasteiger partial charge in [0, 0.05) is 12.4 Å². The van der Waals surface area contributed by atoms with Crippen molar-refractivity contribution in [3.63, 3.8) is 0 Å². The van der Waals surface area contributed by atoms with Crippen LogP contribution in [0.2, 0.25) is 0 Å². The third-order valence-corrected chi connectivity index (χ3v) is 2.40. The van der Waals surface area contributed by atoms with Crippen molar-refractivity contribution in [1.82, 2.24) is 4.90 Å². The average molecular weight is 199 g/mol. The molecule has 3 heteroatoms. The first-order valence-corrected chi connectivity index (χ1v) is 4.81. The Morgan fingerprint density at radius 1 is 1.46 bits per heavy atom. The van der Waals surface area contributed by atoms with E-state index < -0.39 is 0 Å². The Morgan fingerprint density at radius 3 is 2.69 bits per heavy atom. The van der Waals surface area contributed by atoms with Crippen molar-refractivity contribution in [3.8, 4) is 0 Å². The van der Waals surface area contributed by atoms with Gasteiger partial charge < -0.3 is 0 Å². The van der Waals surface area contributed by atoms with E-state index in [1.54, 1.807) is 6.92 Å². The van der Waals surface area contributed by atoms with E-state index in [1.165, 1.54) is 6.07 Å². The molecule has 1 nitrogen and oxygen atoms in total. The van der Waals surface area contributed by atoms with Crippen molar-refractivity contribution in [3.05, 3.63) is 35.1 Å². The summed E-state index contributed by atoms with van der Waals surface area (Å²) in [7, 11) is 1.98. The summed E-state index contributed by atoms with van der Waals surface area (Å²) in [5.74, 6) is 0.563. The van der Waals surface area contributed by atoms with Crippen LogP contribution in [-0.2, 0) is 6.54 Å². The standard InChI is InChI=1S/C10H14FNS/c1-8-5-9(3-4-10(8)11)6-12(2)7-13/h3-5,13H,6-7H2,1-2H3. The number of aryl methyl sites for hydroxylation is 1. The van der Waals surface area contributed by atoms with Crippen molar-refractivity contribution in [1.29, 1.82) is 0 Å². The molecule has 0 aliphatic carbocycles. The van der Waals surface area contributed by atoms with E-state index in [4.69, 9.17) is 0 Å². The molecule has 13 heavy (non-hydrogen) atoms. The van der Waals surface area contributed by atoms with E-state index in [0.29, 0.717) is 11.4 Å². The van der Waals surface area contributed by atoms with Gasteiger partial charge in [0.25, 0.3) is 0 Å². The lowest BCUT2D eigenvalue weighted by molar-refractivity contribution is 0.387. The second kappa shape index (κ2) is 4.63. The first-order chi connectivity index (χ1) is 6.13. The monoisotopic (exact) mass is 199 g/mol. The highest BCUT2D eigenvalue weighted by molar-refractivity contribution is 7.80. The molecular weight excluding hydrogens is 185 g/mol. The van der Waals surface area contributed by atoms with Crippen LogP contribution in [-0.4, -0.2) is 17.8 Å². The first-order valence-electron chi connectivity index (χ1n) is 4.18. The van der Waals surface area contributed by atoms with Crippen LogP contribution in [0.3, 0.4) is 0 Å². The van der Waals surface area contributed by atoms with Crippen LogP contribution in [0.5, 0.6) is 0 Å². The summed E-state index contributed by atoms with van der Waals surface area (Å²) in [5.41, 5.74) is 1.82. The largest absolute Gasteiger partial charge is 0.293 e. The fraction of sp³-hybridized carbons (Fsp3) is 0.400. The van der Waals surface area contributed by atoms with Crippen LogP contribution in [0.25, 0.3) is 0 Å². The third kappa shape index (κ3) is 3.01. The Morgan fingerprint density at radius 2 is 2.15 bits per heavy atom. The van der Waals surface area contributed by atoms with Crippen LogP contribution < -0.4 is 0 Å². The van der Waals surface area contributed by atoms with Crippen molar-refractivity contribution in [2.45, 2.75) is 13.5 Å². The number of nitrogens with zero attached hydrogens (tertiary/aromatic N) is 1. The molecule has 0 aliphatic heterocycles. The van der Waals surface area contributed by atoms with Gasteiger partial charge >= 0.3 is 0 Å². The lowest BCUT2D eigenvalue weighted by Gasteiger charge is -2.13. The normalized spacial score (nSPS) is 10.8. The Balaban J connectivity index is 2.73. The summed E-state index contributed by atoms with van der Waals surface area (Å²) in [6.07, 6.45) is 0. The van der Waals surface area contributed by atoms with E-state index in [1.807, 2.05) is 19.2 Å². The highest BCUT2D eigenvalue weighted by Crippen LogP contribution is 2.10. The van der Waals surface area contributed by atoms with Gasteiger partial charge in [0.2, 0.25) is 0 Å². The van der Waals surface area contributed by atoms with Crippen molar-refractivity contribution < 1.29 is 4.39 Å². The quantitative estimate of drug-likeness (QED) is 0.578. The third-order valence-electron chi connectivity index (χ3n) is 1.92. The van der Waals surface area contributed by atoms with E-state index in [-0.39, 0.29) is 5.82 Å². The van der Waals surface area contributed by atoms with Gasteiger partial charge in [-0.2, -0.15) is 12.6 Å². The Kier molecular flexibility index (Phi) is 3.75. The van der Waals surface area contributed by atoms with Crippen LogP contribution in [0.4, 0.5) is 4.39 Å². The van der Waals surface area contributed by atoms with Gasteiger partial charge in [0.1, 0.15) is 5.82 Å². The van der Waals surface area contributed by atoms with Gasteiger partial charge in [-0.05, 0) is 31.2 Å². The fourth-order valence-corrected chi connectivity index (χ4v) is 1.27. The highest BCUT2D eigenvalue weighted by atomic mass is 32.1. The molecule has 0 heterocycles. The molecule has 1 aromatic carbocycles. The lowest BCUT2D eigenvalue weighted by Crippen LogP contribution is -2.15. The number of hydrogen-bond acceptors (Lipinski definition) is 2. The second-order valence-electron chi connectivity index (χ2n) is 3.24. The maximum atomic E-state index is 12.9. The molecule has 0 N–H and O–H groups in total. The molecule has 0 atom stereocenters. The second-order valence-corrected chi connectivity index (χ2v) is 3.52. The predicted octanol–water partition coefficient (Wildman–Crippen LogP) is 2.45. The molecule has 0 fully saturated rings. The Bertz CT molecular complexity index is 288. The molecule has 72 valence electrons. The smallest absolute Gasteiger partial charge is 0.126 e. The Labute approximate surface area is 84.0 Å². The maximum Gasteiger partial charge on any atom is 0.126 e.